The third-order valence-corrected chi connectivity index (χ3v) is 2.93. The van der Waals surface area contributed by atoms with Crippen LogP contribution >= 0.6 is 23.2 Å². The second kappa shape index (κ2) is 6.36. The summed E-state index contributed by atoms with van der Waals surface area (Å²) in [6.07, 6.45) is -0.212. The maximum Gasteiger partial charge on any atom is 0.269 e. The lowest BCUT2D eigenvalue weighted by Crippen LogP contribution is -2.53. The molecule has 0 aliphatic rings. The molecule has 7 nitrogen and oxygen atoms in total. The Kier molecular flexibility index (Phi) is 5.29. The summed E-state index contributed by atoms with van der Waals surface area (Å²) in [6.45, 7) is 1.43. The van der Waals surface area contributed by atoms with Crippen LogP contribution in [0.2, 0.25) is 0 Å². The number of carbonyl (C=O) groups excluding carboxylic acids is 1. The quantitative estimate of drug-likeness (QED) is 0.372. The van der Waals surface area contributed by atoms with Gasteiger partial charge in [0.15, 0.2) is 4.84 Å². The number of hydrogen-bond acceptors (Lipinski definition) is 5. The Balaban J connectivity index is 3.24. The topological polar surface area (TPSA) is 104 Å². The van der Waals surface area contributed by atoms with Crippen LogP contribution in [0.5, 0.6) is 0 Å². The first kappa shape index (κ1) is 16.6. The number of nitro groups is 1. The summed E-state index contributed by atoms with van der Waals surface area (Å²) in [6, 6.07) is 4.64. The third kappa shape index (κ3) is 3.57. The lowest BCUT2D eigenvalue weighted by Gasteiger charge is -2.34. The molecule has 0 saturated carbocycles. The molecular formula is C11H12Cl2N2O5. The Morgan fingerprint density at radius 3 is 2.25 bits per heavy atom. The number of alkyl halides is 2. The van der Waals surface area contributed by atoms with E-state index in [1.54, 1.807) is 0 Å². The van der Waals surface area contributed by atoms with E-state index in [0.717, 1.165) is 12.1 Å². The number of non-ortho nitro benzene ring substituents is 1. The van der Waals surface area contributed by atoms with Gasteiger partial charge in [0.1, 0.15) is 0 Å². The van der Waals surface area contributed by atoms with Crippen molar-refractivity contribution in [3.63, 3.8) is 0 Å². The third-order valence-electron chi connectivity index (χ3n) is 2.56. The molecule has 0 aliphatic carbocycles. The van der Waals surface area contributed by atoms with Gasteiger partial charge < -0.3 is 10.2 Å². The van der Waals surface area contributed by atoms with Gasteiger partial charge in [0, 0.05) is 24.2 Å². The van der Waals surface area contributed by atoms with Gasteiger partial charge in [0.05, 0.1) is 4.92 Å². The van der Waals surface area contributed by atoms with Crippen LogP contribution in [0.1, 0.15) is 13.3 Å². The SMILES string of the molecule is CCC(O)(O)N(C(=O)C(Cl)Cl)c1ccc([N+](=O)[O-])cc1. The second-order valence-electron chi connectivity index (χ2n) is 3.88. The Morgan fingerprint density at radius 2 is 1.90 bits per heavy atom. The van der Waals surface area contributed by atoms with Crippen molar-refractivity contribution < 1.29 is 19.9 Å². The first-order chi connectivity index (χ1) is 9.20. The zero-order valence-corrected chi connectivity index (χ0v) is 11.9. The molecule has 0 heterocycles. The second-order valence-corrected chi connectivity index (χ2v) is 4.97. The van der Waals surface area contributed by atoms with E-state index in [4.69, 9.17) is 23.2 Å². The molecule has 9 heteroatoms. The van der Waals surface area contributed by atoms with Crippen LogP contribution in [0.25, 0.3) is 0 Å². The summed E-state index contributed by atoms with van der Waals surface area (Å²) in [4.78, 5) is 20.9. The fraction of sp³-hybridized carbons (Fsp3) is 0.364. The molecule has 1 rings (SSSR count). The van der Waals surface area contributed by atoms with Crippen molar-refractivity contribution in [2.24, 2.45) is 0 Å². The maximum absolute atomic E-state index is 11.9. The number of nitrogens with zero attached hydrogens (tertiary/aromatic N) is 2. The summed E-state index contributed by atoms with van der Waals surface area (Å²) < 4.78 is 0. The molecule has 0 radical (unpaired) electrons. The van der Waals surface area contributed by atoms with E-state index >= 15 is 0 Å². The molecule has 110 valence electrons. The van der Waals surface area contributed by atoms with Crippen molar-refractivity contribution in [1.82, 2.24) is 0 Å². The summed E-state index contributed by atoms with van der Waals surface area (Å²) in [5.41, 5.74) is -0.175. The minimum Gasteiger partial charge on any atom is -0.348 e. The number of aliphatic hydroxyl groups is 2. The van der Waals surface area contributed by atoms with Crippen LogP contribution in [0, 0.1) is 10.1 Å². The molecule has 0 aromatic heterocycles. The standard InChI is InChI=1S/C11H12Cl2N2O5/c1-2-11(17,18)14(10(16)9(12)13)7-3-5-8(6-4-7)15(19)20/h3-6,9,17-18H,2H2,1H3. The highest BCUT2D eigenvalue weighted by molar-refractivity contribution is 6.54. The van der Waals surface area contributed by atoms with Crippen LogP contribution in [-0.4, -0.2) is 31.8 Å². The van der Waals surface area contributed by atoms with E-state index in [1.807, 2.05) is 0 Å². The number of anilines is 1. The highest BCUT2D eigenvalue weighted by Gasteiger charge is 2.37. The molecule has 0 unspecified atom stereocenters. The molecule has 0 spiro atoms. The van der Waals surface area contributed by atoms with E-state index < -0.39 is 21.6 Å². The molecule has 0 atom stereocenters. The number of nitro benzene ring substituents is 1. The van der Waals surface area contributed by atoms with Crippen molar-refractivity contribution in [1.29, 1.82) is 0 Å². The summed E-state index contributed by atoms with van der Waals surface area (Å²) in [7, 11) is 0. The summed E-state index contributed by atoms with van der Waals surface area (Å²) in [5, 5.41) is 30.2. The molecule has 1 aromatic rings. The Labute approximate surface area is 124 Å². The van der Waals surface area contributed by atoms with Gasteiger partial charge in [0.25, 0.3) is 17.5 Å². The van der Waals surface area contributed by atoms with Gasteiger partial charge in [-0.1, -0.05) is 30.1 Å². The lowest BCUT2D eigenvalue weighted by atomic mass is 10.2. The molecule has 0 saturated heterocycles. The Bertz CT molecular complexity index is 504. The van der Waals surface area contributed by atoms with E-state index in [-0.39, 0.29) is 17.8 Å². The zero-order chi connectivity index (χ0) is 15.5. The fourth-order valence-corrected chi connectivity index (χ4v) is 1.68. The summed E-state index contributed by atoms with van der Waals surface area (Å²) in [5.74, 6) is -3.45. The van der Waals surface area contributed by atoms with Gasteiger partial charge >= 0.3 is 0 Å². The number of halogens is 2. The minimum atomic E-state index is -2.50. The molecule has 1 aromatic carbocycles. The average Bonchev–Trinajstić information content (AvgIpc) is 2.39. The normalized spacial score (nSPS) is 11.5. The van der Waals surface area contributed by atoms with E-state index in [2.05, 4.69) is 0 Å². The van der Waals surface area contributed by atoms with Crippen LogP contribution in [-0.2, 0) is 4.79 Å². The van der Waals surface area contributed by atoms with Gasteiger partial charge in [0.2, 0.25) is 0 Å². The minimum absolute atomic E-state index is 0.0266. The average molecular weight is 323 g/mol. The molecule has 2 N–H and O–H groups in total. The number of carbonyl (C=O) groups is 1. The van der Waals surface area contributed by atoms with Gasteiger partial charge in [-0.05, 0) is 12.1 Å². The highest BCUT2D eigenvalue weighted by Crippen LogP contribution is 2.27. The molecule has 0 bridgehead atoms. The van der Waals surface area contributed by atoms with Crippen molar-refractivity contribution in [2.45, 2.75) is 24.1 Å². The van der Waals surface area contributed by atoms with Gasteiger partial charge in [-0.3, -0.25) is 19.8 Å². The van der Waals surface area contributed by atoms with Gasteiger partial charge in [-0.2, -0.15) is 0 Å². The molecule has 0 aliphatic heterocycles. The van der Waals surface area contributed by atoms with Crippen molar-refractivity contribution in [3.05, 3.63) is 34.4 Å². The largest absolute Gasteiger partial charge is 0.348 e. The number of hydrogen-bond donors (Lipinski definition) is 2. The first-order valence-electron chi connectivity index (χ1n) is 5.52. The molecule has 20 heavy (non-hydrogen) atoms. The Morgan fingerprint density at radius 1 is 1.40 bits per heavy atom. The van der Waals surface area contributed by atoms with Crippen molar-refractivity contribution in [3.8, 4) is 0 Å². The number of rotatable bonds is 5. The predicted octanol–water partition coefficient (Wildman–Crippen LogP) is 1.78. The van der Waals surface area contributed by atoms with E-state index in [0.29, 0.717) is 4.90 Å². The van der Waals surface area contributed by atoms with Crippen molar-refractivity contribution in [2.75, 3.05) is 4.90 Å². The van der Waals surface area contributed by atoms with Crippen LogP contribution < -0.4 is 4.90 Å². The molecule has 1 amide bonds. The predicted molar refractivity (Wildman–Crippen MR) is 73.5 cm³/mol. The first-order valence-corrected chi connectivity index (χ1v) is 6.39. The van der Waals surface area contributed by atoms with Crippen molar-refractivity contribution >= 4 is 40.5 Å². The number of amides is 1. The Hall–Kier alpha value is -1.41. The van der Waals surface area contributed by atoms with E-state index in [9.17, 15) is 25.1 Å². The molecular weight excluding hydrogens is 311 g/mol. The van der Waals surface area contributed by atoms with Crippen LogP contribution in [0.3, 0.4) is 0 Å². The smallest absolute Gasteiger partial charge is 0.269 e. The maximum atomic E-state index is 11.9. The lowest BCUT2D eigenvalue weighted by molar-refractivity contribution is -0.384. The van der Waals surface area contributed by atoms with Gasteiger partial charge in [-0.15, -0.1) is 0 Å². The van der Waals surface area contributed by atoms with Gasteiger partial charge in [-0.25, -0.2) is 0 Å². The number of benzene rings is 1. The summed E-state index contributed by atoms with van der Waals surface area (Å²) >= 11 is 10.9. The zero-order valence-electron chi connectivity index (χ0n) is 10.4. The highest BCUT2D eigenvalue weighted by atomic mass is 35.5. The van der Waals surface area contributed by atoms with Crippen LogP contribution in [0.4, 0.5) is 11.4 Å². The fourth-order valence-electron chi connectivity index (χ4n) is 1.49. The monoisotopic (exact) mass is 322 g/mol. The molecule has 0 fully saturated rings. The van der Waals surface area contributed by atoms with E-state index in [1.165, 1.54) is 19.1 Å². The van der Waals surface area contributed by atoms with Crippen LogP contribution in [0.15, 0.2) is 24.3 Å².